The number of halogens is 1. The standard InChI is InChI=1S/C15H13FN4OS/c1-9-6-13(17)20-15(19-9)22-8-14-18-7-12(21-14)10-2-4-11(16)5-3-10/h2-7H,8H2,1H3,(H2,17,19,20). The minimum atomic E-state index is -0.284. The van der Waals surface area contributed by atoms with Crippen molar-refractivity contribution in [2.75, 3.05) is 5.73 Å². The van der Waals surface area contributed by atoms with E-state index < -0.39 is 0 Å². The molecule has 0 saturated carbocycles. The van der Waals surface area contributed by atoms with Gasteiger partial charge in [0.15, 0.2) is 10.9 Å². The zero-order valence-corrected chi connectivity index (χ0v) is 12.6. The molecule has 0 atom stereocenters. The Morgan fingerprint density at radius 1 is 1.23 bits per heavy atom. The van der Waals surface area contributed by atoms with Gasteiger partial charge in [-0.15, -0.1) is 0 Å². The fraction of sp³-hybridized carbons (Fsp3) is 0.133. The predicted octanol–water partition coefficient (Wildman–Crippen LogP) is 3.45. The Balaban J connectivity index is 1.70. The lowest BCUT2D eigenvalue weighted by atomic mass is 10.2. The Labute approximate surface area is 130 Å². The van der Waals surface area contributed by atoms with Gasteiger partial charge >= 0.3 is 0 Å². The summed E-state index contributed by atoms with van der Waals surface area (Å²) in [6.07, 6.45) is 1.62. The molecule has 0 radical (unpaired) electrons. The molecular formula is C15H13FN4OS. The molecule has 5 nitrogen and oxygen atoms in total. The zero-order chi connectivity index (χ0) is 15.5. The first-order chi connectivity index (χ1) is 10.6. The van der Waals surface area contributed by atoms with Crippen LogP contribution in [0.25, 0.3) is 11.3 Å². The van der Waals surface area contributed by atoms with Gasteiger partial charge < -0.3 is 10.2 Å². The molecule has 0 aliphatic heterocycles. The van der Waals surface area contributed by atoms with Crippen LogP contribution in [0.1, 0.15) is 11.6 Å². The second-order valence-corrected chi connectivity index (χ2v) is 5.57. The normalized spacial score (nSPS) is 10.8. The average molecular weight is 316 g/mol. The summed E-state index contributed by atoms with van der Waals surface area (Å²) in [5.41, 5.74) is 7.28. The third-order valence-corrected chi connectivity index (χ3v) is 3.69. The highest BCUT2D eigenvalue weighted by atomic mass is 32.2. The lowest BCUT2D eigenvalue weighted by molar-refractivity contribution is 0.529. The largest absolute Gasteiger partial charge is 0.440 e. The maximum atomic E-state index is 12.9. The fourth-order valence-electron chi connectivity index (χ4n) is 1.88. The number of anilines is 1. The Hall–Kier alpha value is -2.41. The topological polar surface area (TPSA) is 77.8 Å². The second kappa shape index (κ2) is 6.15. The first-order valence-corrected chi connectivity index (χ1v) is 7.53. The first kappa shape index (κ1) is 14.5. The number of aromatic nitrogens is 3. The van der Waals surface area contributed by atoms with Crippen molar-refractivity contribution in [3.05, 3.63) is 53.9 Å². The molecular weight excluding hydrogens is 303 g/mol. The third kappa shape index (κ3) is 3.43. The average Bonchev–Trinajstić information content (AvgIpc) is 2.94. The molecule has 0 saturated heterocycles. The molecule has 7 heteroatoms. The van der Waals surface area contributed by atoms with E-state index in [9.17, 15) is 4.39 Å². The van der Waals surface area contributed by atoms with Gasteiger partial charge in [0.05, 0.1) is 11.9 Å². The summed E-state index contributed by atoms with van der Waals surface area (Å²) >= 11 is 1.39. The monoisotopic (exact) mass is 316 g/mol. The van der Waals surface area contributed by atoms with E-state index in [1.54, 1.807) is 24.4 Å². The van der Waals surface area contributed by atoms with Crippen LogP contribution in [0.4, 0.5) is 10.2 Å². The van der Waals surface area contributed by atoms with E-state index in [2.05, 4.69) is 15.0 Å². The van der Waals surface area contributed by atoms with E-state index in [1.807, 2.05) is 6.92 Å². The van der Waals surface area contributed by atoms with E-state index in [-0.39, 0.29) is 5.82 Å². The minimum absolute atomic E-state index is 0.284. The number of oxazole rings is 1. The summed E-state index contributed by atoms with van der Waals surface area (Å²) in [7, 11) is 0. The van der Waals surface area contributed by atoms with Crippen molar-refractivity contribution >= 4 is 17.6 Å². The van der Waals surface area contributed by atoms with Gasteiger partial charge in [0.2, 0.25) is 5.89 Å². The third-order valence-electron chi connectivity index (χ3n) is 2.86. The van der Waals surface area contributed by atoms with Gasteiger partial charge in [0.25, 0.3) is 0 Å². The number of hydrogen-bond acceptors (Lipinski definition) is 6. The van der Waals surface area contributed by atoms with Crippen molar-refractivity contribution < 1.29 is 8.81 Å². The van der Waals surface area contributed by atoms with Crippen LogP contribution in [0.2, 0.25) is 0 Å². The molecule has 1 aromatic carbocycles. The van der Waals surface area contributed by atoms with Gasteiger partial charge in [0, 0.05) is 17.3 Å². The summed E-state index contributed by atoms with van der Waals surface area (Å²) in [4.78, 5) is 12.6. The summed E-state index contributed by atoms with van der Waals surface area (Å²) in [6, 6.07) is 7.78. The second-order valence-electron chi connectivity index (χ2n) is 4.63. The molecule has 0 spiro atoms. The van der Waals surface area contributed by atoms with Crippen LogP contribution in [0.3, 0.4) is 0 Å². The van der Waals surface area contributed by atoms with Gasteiger partial charge in [0.1, 0.15) is 11.6 Å². The molecule has 3 aromatic rings. The predicted molar refractivity (Wildman–Crippen MR) is 82.6 cm³/mol. The van der Waals surface area contributed by atoms with Crippen molar-refractivity contribution in [3.63, 3.8) is 0 Å². The Kier molecular flexibility index (Phi) is 4.06. The summed E-state index contributed by atoms with van der Waals surface area (Å²) in [5, 5.41) is 0.582. The van der Waals surface area contributed by atoms with E-state index in [0.29, 0.717) is 28.4 Å². The van der Waals surface area contributed by atoms with E-state index in [0.717, 1.165) is 11.3 Å². The molecule has 2 heterocycles. The molecule has 22 heavy (non-hydrogen) atoms. The number of nitrogen functional groups attached to an aromatic ring is 1. The van der Waals surface area contributed by atoms with Crippen LogP contribution >= 0.6 is 11.8 Å². The van der Waals surface area contributed by atoms with Crippen LogP contribution in [0.5, 0.6) is 0 Å². The molecule has 0 fully saturated rings. The van der Waals surface area contributed by atoms with Crippen LogP contribution in [0.15, 0.2) is 46.1 Å². The molecule has 0 unspecified atom stereocenters. The Morgan fingerprint density at radius 3 is 2.73 bits per heavy atom. The molecule has 0 aliphatic carbocycles. The fourth-order valence-corrected chi connectivity index (χ4v) is 2.64. The van der Waals surface area contributed by atoms with Crippen molar-refractivity contribution in [2.45, 2.75) is 17.8 Å². The van der Waals surface area contributed by atoms with E-state index >= 15 is 0 Å². The number of nitrogens with zero attached hydrogens (tertiary/aromatic N) is 3. The van der Waals surface area contributed by atoms with Gasteiger partial charge in [-0.25, -0.2) is 19.3 Å². The first-order valence-electron chi connectivity index (χ1n) is 6.55. The Morgan fingerprint density at radius 2 is 2.00 bits per heavy atom. The van der Waals surface area contributed by atoms with Crippen molar-refractivity contribution in [3.8, 4) is 11.3 Å². The lowest BCUT2D eigenvalue weighted by Gasteiger charge is -2.01. The van der Waals surface area contributed by atoms with E-state index in [1.165, 1.54) is 23.9 Å². The van der Waals surface area contributed by atoms with Gasteiger partial charge in [-0.2, -0.15) is 0 Å². The number of hydrogen-bond donors (Lipinski definition) is 1. The molecule has 2 aromatic heterocycles. The highest BCUT2D eigenvalue weighted by molar-refractivity contribution is 7.98. The molecule has 0 aliphatic rings. The molecule has 2 N–H and O–H groups in total. The van der Waals surface area contributed by atoms with Crippen LogP contribution in [-0.4, -0.2) is 15.0 Å². The van der Waals surface area contributed by atoms with Gasteiger partial charge in [-0.05, 0) is 31.2 Å². The van der Waals surface area contributed by atoms with Crippen molar-refractivity contribution in [1.29, 1.82) is 0 Å². The van der Waals surface area contributed by atoms with Crippen LogP contribution < -0.4 is 5.73 Å². The molecule has 112 valence electrons. The van der Waals surface area contributed by atoms with Crippen LogP contribution in [-0.2, 0) is 5.75 Å². The summed E-state index contributed by atoms with van der Waals surface area (Å²) in [5.74, 6) is 1.79. The van der Waals surface area contributed by atoms with Gasteiger partial charge in [-0.3, -0.25) is 0 Å². The maximum Gasteiger partial charge on any atom is 0.205 e. The number of aryl methyl sites for hydroxylation is 1. The number of nitrogens with two attached hydrogens (primary N) is 1. The molecule has 0 bridgehead atoms. The number of thioether (sulfide) groups is 1. The summed E-state index contributed by atoms with van der Waals surface area (Å²) in [6.45, 7) is 1.86. The van der Waals surface area contributed by atoms with Gasteiger partial charge in [-0.1, -0.05) is 11.8 Å². The Bertz CT molecular complexity index is 768. The smallest absolute Gasteiger partial charge is 0.205 e. The zero-order valence-electron chi connectivity index (χ0n) is 11.8. The molecule has 0 amide bonds. The quantitative estimate of drug-likeness (QED) is 0.587. The number of benzene rings is 1. The highest BCUT2D eigenvalue weighted by Gasteiger charge is 2.09. The number of rotatable bonds is 4. The summed E-state index contributed by atoms with van der Waals surface area (Å²) < 4.78 is 18.6. The van der Waals surface area contributed by atoms with Crippen molar-refractivity contribution in [2.24, 2.45) is 0 Å². The molecule has 3 rings (SSSR count). The van der Waals surface area contributed by atoms with E-state index in [4.69, 9.17) is 10.2 Å². The minimum Gasteiger partial charge on any atom is -0.440 e. The SMILES string of the molecule is Cc1cc(N)nc(SCc2ncc(-c3ccc(F)cc3)o2)n1. The van der Waals surface area contributed by atoms with Crippen molar-refractivity contribution in [1.82, 2.24) is 15.0 Å². The highest BCUT2D eigenvalue weighted by Crippen LogP contribution is 2.24. The lowest BCUT2D eigenvalue weighted by Crippen LogP contribution is -1.96. The van der Waals surface area contributed by atoms with Crippen LogP contribution in [0, 0.1) is 12.7 Å². The maximum absolute atomic E-state index is 12.9.